The number of nitriles is 1. The molecule has 0 aromatic carbocycles. The monoisotopic (exact) mass is 263 g/mol. The molecule has 0 amide bonds. The third-order valence-electron chi connectivity index (χ3n) is 2.04. The van der Waals surface area contributed by atoms with Gasteiger partial charge in [0.1, 0.15) is 0 Å². The first-order chi connectivity index (χ1) is 8.03. The minimum Gasteiger partial charge on any atom is -0.345 e. The molecular weight excluding hydrogens is 241 g/mol. The summed E-state index contributed by atoms with van der Waals surface area (Å²) in [6.07, 6.45) is 0.155. The van der Waals surface area contributed by atoms with Crippen LogP contribution >= 0.6 is 7.37 Å². The van der Waals surface area contributed by atoms with E-state index in [9.17, 15) is 4.57 Å². The smallest absolute Gasteiger partial charge is 0.258 e. The first-order valence-corrected chi connectivity index (χ1v) is 7.78. The molecule has 6 heteroatoms. The van der Waals surface area contributed by atoms with E-state index in [4.69, 9.17) is 19.3 Å². The van der Waals surface area contributed by atoms with Crippen LogP contribution in [0.1, 0.15) is 27.7 Å². The summed E-state index contributed by atoms with van der Waals surface area (Å²) < 4.78 is 28.6. The lowest BCUT2D eigenvalue weighted by atomic mass is 10.3. The van der Waals surface area contributed by atoms with Crippen molar-refractivity contribution in [2.45, 2.75) is 33.7 Å². The number of hydrogen-bond donors (Lipinski definition) is 0. The van der Waals surface area contributed by atoms with Crippen molar-refractivity contribution in [2.24, 2.45) is 5.92 Å². The number of nitrogens with zero attached hydrogens (tertiary/aromatic N) is 1. The maximum atomic E-state index is 12.6. The van der Waals surface area contributed by atoms with Gasteiger partial charge in [0.25, 0.3) is 7.37 Å². The third-order valence-corrected chi connectivity index (χ3v) is 4.73. The topological polar surface area (TPSA) is 68.5 Å². The maximum Gasteiger partial charge on any atom is 0.258 e. The maximum absolute atomic E-state index is 12.6. The molecule has 0 radical (unpaired) electrons. The number of ether oxygens (including phenoxy) is 2. The van der Waals surface area contributed by atoms with E-state index in [0.717, 1.165) is 0 Å². The molecule has 0 aliphatic heterocycles. The largest absolute Gasteiger partial charge is 0.345 e. The fourth-order valence-corrected chi connectivity index (χ4v) is 3.83. The average molecular weight is 263 g/mol. The van der Waals surface area contributed by atoms with Crippen molar-refractivity contribution in [1.82, 2.24) is 0 Å². The van der Waals surface area contributed by atoms with Gasteiger partial charge in [0.15, 0.2) is 0 Å². The molecule has 0 N–H and O–H groups in total. The van der Waals surface area contributed by atoms with Gasteiger partial charge in [0.2, 0.25) is 6.03 Å². The Morgan fingerprint density at radius 2 is 1.71 bits per heavy atom. The van der Waals surface area contributed by atoms with E-state index < -0.39 is 13.4 Å². The molecule has 17 heavy (non-hydrogen) atoms. The minimum atomic E-state index is -3.10. The van der Waals surface area contributed by atoms with Crippen LogP contribution < -0.4 is 0 Å². The third kappa shape index (κ3) is 5.65. The molecule has 0 bridgehead atoms. The average Bonchev–Trinajstić information content (AvgIpc) is 2.29. The van der Waals surface area contributed by atoms with Crippen LogP contribution in [0.5, 0.6) is 0 Å². The molecule has 0 rings (SSSR count). The van der Waals surface area contributed by atoms with Gasteiger partial charge >= 0.3 is 0 Å². The molecule has 0 saturated heterocycles. The van der Waals surface area contributed by atoms with E-state index in [1.165, 1.54) is 0 Å². The van der Waals surface area contributed by atoms with Gasteiger partial charge < -0.3 is 14.0 Å². The second kappa shape index (κ2) is 8.66. The van der Waals surface area contributed by atoms with Gasteiger partial charge in [-0.1, -0.05) is 0 Å². The standard InChI is InChI=1S/C11H22NO4P/c1-5-14-11(15-6-2)17(13,16-7-3)9-10(4)8-12/h10-11H,5-7,9H2,1-4H3. The Morgan fingerprint density at radius 1 is 1.18 bits per heavy atom. The zero-order valence-electron chi connectivity index (χ0n) is 11.0. The first kappa shape index (κ1) is 16.6. The summed E-state index contributed by atoms with van der Waals surface area (Å²) in [5.74, 6) is -0.351. The van der Waals surface area contributed by atoms with Crippen LogP contribution in [0.2, 0.25) is 0 Å². The highest BCUT2D eigenvalue weighted by Gasteiger charge is 2.37. The highest BCUT2D eigenvalue weighted by atomic mass is 31.2. The summed E-state index contributed by atoms with van der Waals surface area (Å²) >= 11 is 0. The summed E-state index contributed by atoms with van der Waals surface area (Å²) in [5, 5.41) is 8.80. The predicted molar refractivity (Wildman–Crippen MR) is 65.9 cm³/mol. The van der Waals surface area contributed by atoms with Gasteiger partial charge in [-0.05, 0) is 27.7 Å². The molecule has 0 heterocycles. The Kier molecular flexibility index (Phi) is 8.45. The molecule has 5 nitrogen and oxygen atoms in total. The lowest BCUT2D eigenvalue weighted by molar-refractivity contribution is -0.0889. The van der Waals surface area contributed by atoms with E-state index >= 15 is 0 Å². The SMILES string of the molecule is CCOC(OCC)P(=O)(CC(C)C#N)OCC. The molecular formula is C11H22NO4P. The number of rotatable bonds is 9. The zero-order valence-corrected chi connectivity index (χ0v) is 11.9. The predicted octanol–water partition coefficient (Wildman–Crippen LogP) is 2.82. The molecule has 2 atom stereocenters. The van der Waals surface area contributed by atoms with Crippen molar-refractivity contribution in [1.29, 1.82) is 5.26 Å². The van der Waals surface area contributed by atoms with Gasteiger partial charge in [-0.15, -0.1) is 0 Å². The Balaban J connectivity index is 4.86. The van der Waals surface area contributed by atoms with Crippen LogP contribution in [-0.2, 0) is 18.6 Å². The molecule has 0 aliphatic carbocycles. The van der Waals surface area contributed by atoms with E-state index in [-0.39, 0.29) is 12.1 Å². The molecule has 100 valence electrons. The van der Waals surface area contributed by atoms with Crippen molar-refractivity contribution in [3.8, 4) is 6.07 Å². The fourth-order valence-electron chi connectivity index (χ4n) is 1.40. The van der Waals surface area contributed by atoms with Gasteiger partial charge in [-0.2, -0.15) is 5.26 Å². The van der Waals surface area contributed by atoms with E-state index in [1.54, 1.807) is 27.7 Å². The molecule has 0 aromatic rings. The summed E-state index contributed by atoms with van der Waals surface area (Å²) in [7, 11) is -3.10. The van der Waals surface area contributed by atoms with Crippen LogP contribution in [0, 0.1) is 17.2 Å². The normalized spacial score (nSPS) is 16.5. The van der Waals surface area contributed by atoms with Crippen LogP contribution in [0.3, 0.4) is 0 Å². The van der Waals surface area contributed by atoms with Crippen molar-refractivity contribution in [2.75, 3.05) is 26.0 Å². The number of hydrogen-bond acceptors (Lipinski definition) is 5. The summed E-state index contributed by atoms with van der Waals surface area (Å²) in [6.45, 7) is 8.17. The summed E-state index contributed by atoms with van der Waals surface area (Å²) in [4.78, 5) is 0. The Bertz CT molecular complexity index is 284. The van der Waals surface area contributed by atoms with Crippen LogP contribution in [0.4, 0.5) is 0 Å². The van der Waals surface area contributed by atoms with Crippen LogP contribution in [0.25, 0.3) is 0 Å². The summed E-state index contributed by atoms with van der Waals surface area (Å²) in [6, 6.07) is 1.19. The van der Waals surface area contributed by atoms with Crippen molar-refractivity contribution in [3.63, 3.8) is 0 Å². The van der Waals surface area contributed by atoms with Crippen molar-refractivity contribution >= 4 is 7.37 Å². The Labute approximate surface area is 103 Å². The van der Waals surface area contributed by atoms with Crippen molar-refractivity contribution in [3.05, 3.63) is 0 Å². The van der Waals surface area contributed by atoms with Gasteiger partial charge in [-0.25, -0.2) is 0 Å². The Morgan fingerprint density at radius 3 is 2.06 bits per heavy atom. The zero-order chi connectivity index (χ0) is 13.3. The van der Waals surface area contributed by atoms with E-state index in [0.29, 0.717) is 19.8 Å². The second-order valence-electron chi connectivity index (χ2n) is 3.57. The van der Waals surface area contributed by atoms with Crippen LogP contribution in [0.15, 0.2) is 0 Å². The van der Waals surface area contributed by atoms with E-state index in [2.05, 4.69) is 6.07 Å². The fraction of sp³-hybridized carbons (Fsp3) is 0.909. The molecule has 2 unspecified atom stereocenters. The second-order valence-corrected chi connectivity index (χ2v) is 6.07. The lowest BCUT2D eigenvalue weighted by Crippen LogP contribution is -2.22. The highest BCUT2D eigenvalue weighted by Crippen LogP contribution is 2.54. The van der Waals surface area contributed by atoms with Crippen LogP contribution in [-0.4, -0.2) is 32.0 Å². The minimum absolute atomic E-state index is 0.155. The molecule has 0 aromatic heterocycles. The summed E-state index contributed by atoms with van der Waals surface area (Å²) in [5.41, 5.74) is 0. The molecule has 0 saturated carbocycles. The highest BCUT2D eigenvalue weighted by molar-refractivity contribution is 7.59. The molecule has 0 fully saturated rings. The van der Waals surface area contributed by atoms with E-state index in [1.807, 2.05) is 0 Å². The van der Waals surface area contributed by atoms with Gasteiger partial charge in [-0.3, -0.25) is 4.57 Å². The molecule has 0 spiro atoms. The quantitative estimate of drug-likeness (QED) is 0.472. The van der Waals surface area contributed by atoms with Gasteiger partial charge in [0.05, 0.1) is 18.6 Å². The first-order valence-electron chi connectivity index (χ1n) is 5.90. The van der Waals surface area contributed by atoms with Crippen molar-refractivity contribution < 1.29 is 18.6 Å². The van der Waals surface area contributed by atoms with Gasteiger partial charge in [0, 0.05) is 19.4 Å². The Hall–Kier alpha value is -0.400. The molecule has 0 aliphatic rings. The lowest BCUT2D eigenvalue weighted by Gasteiger charge is -2.27.